The fourth-order valence-corrected chi connectivity index (χ4v) is 2.38. The van der Waals surface area contributed by atoms with Gasteiger partial charge in [0, 0.05) is 10.0 Å². The van der Waals surface area contributed by atoms with E-state index in [0.717, 1.165) is 10.5 Å². The van der Waals surface area contributed by atoms with Crippen LogP contribution in [0.4, 0.5) is 13.2 Å². The third-order valence-electron chi connectivity index (χ3n) is 2.41. The number of rotatable bonds is 3. The summed E-state index contributed by atoms with van der Waals surface area (Å²) in [6.07, 6.45) is -4.48. The Morgan fingerprint density at radius 3 is 2.35 bits per heavy atom. The zero-order valence-electron chi connectivity index (χ0n) is 10.4. The van der Waals surface area contributed by atoms with E-state index in [1.807, 2.05) is 6.92 Å². The zero-order chi connectivity index (χ0) is 14.8. The quantitative estimate of drug-likeness (QED) is 0.565. The van der Waals surface area contributed by atoms with E-state index in [2.05, 4.69) is 25.9 Å². The Hall–Kier alpha value is -1.08. The molecule has 0 amide bonds. The molecular formula is C13H10BrF3N2S. The van der Waals surface area contributed by atoms with E-state index in [4.69, 9.17) is 0 Å². The lowest BCUT2D eigenvalue weighted by molar-refractivity contribution is -0.141. The van der Waals surface area contributed by atoms with Crippen molar-refractivity contribution in [3.05, 3.63) is 40.5 Å². The van der Waals surface area contributed by atoms with Crippen LogP contribution < -0.4 is 0 Å². The molecule has 0 fully saturated rings. The second-order valence-electron chi connectivity index (χ2n) is 3.86. The van der Waals surface area contributed by atoms with E-state index in [9.17, 15) is 13.2 Å². The first-order valence-electron chi connectivity index (χ1n) is 5.75. The monoisotopic (exact) mass is 362 g/mol. The first-order valence-corrected chi connectivity index (χ1v) is 7.53. The van der Waals surface area contributed by atoms with Crippen LogP contribution in [0.25, 0.3) is 11.3 Å². The number of alkyl halides is 3. The van der Waals surface area contributed by atoms with E-state index < -0.39 is 11.9 Å². The van der Waals surface area contributed by atoms with Crippen molar-refractivity contribution >= 4 is 27.7 Å². The minimum absolute atomic E-state index is 0.139. The molecule has 0 atom stereocenters. The maximum absolute atomic E-state index is 12.9. The summed E-state index contributed by atoms with van der Waals surface area (Å²) in [6, 6.07) is 7.93. The Kier molecular flexibility index (Phi) is 4.70. The highest BCUT2D eigenvalue weighted by Crippen LogP contribution is 2.32. The molecule has 0 aliphatic heterocycles. The van der Waals surface area contributed by atoms with Crippen molar-refractivity contribution in [1.82, 2.24) is 9.97 Å². The molecule has 2 aromatic rings. The fourth-order valence-electron chi connectivity index (χ4n) is 1.53. The molecule has 1 aromatic carbocycles. The van der Waals surface area contributed by atoms with Crippen molar-refractivity contribution in [2.75, 3.05) is 5.75 Å². The number of nitrogens with zero attached hydrogens (tertiary/aromatic N) is 2. The van der Waals surface area contributed by atoms with Gasteiger partial charge in [0.15, 0.2) is 5.16 Å². The predicted octanol–water partition coefficient (Wildman–Crippen LogP) is 5.04. The first-order chi connectivity index (χ1) is 9.40. The van der Waals surface area contributed by atoms with Crippen LogP contribution in [-0.2, 0) is 6.18 Å². The minimum atomic E-state index is -4.48. The molecule has 1 aromatic heterocycles. The summed E-state index contributed by atoms with van der Waals surface area (Å²) in [7, 11) is 0. The van der Waals surface area contributed by atoms with Gasteiger partial charge in [-0.3, -0.25) is 0 Å². The Balaban J connectivity index is 2.51. The number of thioether (sulfide) groups is 1. The fraction of sp³-hybridized carbons (Fsp3) is 0.231. The van der Waals surface area contributed by atoms with E-state index in [1.165, 1.54) is 11.8 Å². The van der Waals surface area contributed by atoms with Gasteiger partial charge < -0.3 is 0 Å². The van der Waals surface area contributed by atoms with Crippen molar-refractivity contribution < 1.29 is 13.2 Å². The summed E-state index contributed by atoms with van der Waals surface area (Å²) in [5, 5.41) is 0.139. The summed E-state index contributed by atoms with van der Waals surface area (Å²) < 4.78 is 39.4. The highest BCUT2D eigenvalue weighted by atomic mass is 79.9. The van der Waals surface area contributed by atoms with Crippen LogP contribution in [0.5, 0.6) is 0 Å². The molecule has 106 valence electrons. The summed E-state index contributed by atoms with van der Waals surface area (Å²) in [6.45, 7) is 1.84. The largest absolute Gasteiger partial charge is 0.433 e. The van der Waals surface area contributed by atoms with Gasteiger partial charge in [0.1, 0.15) is 5.69 Å². The molecule has 7 heteroatoms. The normalized spacial score (nSPS) is 11.7. The van der Waals surface area contributed by atoms with E-state index in [-0.39, 0.29) is 10.9 Å². The number of benzene rings is 1. The van der Waals surface area contributed by atoms with Crippen LogP contribution in [0, 0.1) is 0 Å². The van der Waals surface area contributed by atoms with Crippen molar-refractivity contribution in [2.24, 2.45) is 0 Å². The van der Waals surface area contributed by atoms with E-state index in [1.54, 1.807) is 24.3 Å². The molecule has 1 heterocycles. The van der Waals surface area contributed by atoms with Gasteiger partial charge >= 0.3 is 6.18 Å². The standard InChI is InChI=1S/C13H10BrF3N2S/c1-2-20-12-18-10(7-11(19-12)13(15,16)17)8-3-5-9(14)6-4-8/h3-7H,2H2,1H3. The van der Waals surface area contributed by atoms with Crippen LogP contribution in [0.1, 0.15) is 12.6 Å². The van der Waals surface area contributed by atoms with E-state index >= 15 is 0 Å². The predicted molar refractivity (Wildman–Crippen MR) is 76.6 cm³/mol. The molecule has 0 aliphatic rings. The average Bonchev–Trinajstić information content (AvgIpc) is 2.38. The molecule has 0 radical (unpaired) electrons. The summed E-state index contributed by atoms with van der Waals surface area (Å²) in [5.41, 5.74) is -0.0174. The molecule has 0 N–H and O–H groups in total. The Labute approximate surface area is 127 Å². The third kappa shape index (κ3) is 3.73. The van der Waals surface area contributed by atoms with E-state index in [0.29, 0.717) is 11.3 Å². The highest BCUT2D eigenvalue weighted by Gasteiger charge is 2.33. The summed E-state index contributed by atoms with van der Waals surface area (Å²) in [4.78, 5) is 7.73. The van der Waals surface area contributed by atoms with Crippen LogP contribution >= 0.6 is 27.7 Å². The molecule has 0 bridgehead atoms. The number of hydrogen-bond donors (Lipinski definition) is 0. The Morgan fingerprint density at radius 1 is 1.15 bits per heavy atom. The van der Waals surface area contributed by atoms with Gasteiger partial charge in [-0.1, -0.05) is 46.7 Å². The van der Waals surface area contributed by atoms with Crippen LogP contribution in [0.15, 0.2) is 40.0 Å². The minimum Gasteiger partial charge on any atom is -0.222 e. The lowest BCUT2D eigenvalue weighted by Crippen LogP contribution is -2.10. The second-order valence-corrected chi connectivity index (χ2v) is 6.01. The summed E-state index contributed by atoms with van der Waals surface area (Å²) in [5.74, 6) is 0.612. The van der Waals surface area contributed by atoms with Gasteiger partial charge in [0.2, 0.25) is 0 Å². The van der Waals surface area contributed by atoms with Crippen LogP contribution in [-0.4, -0.2) is 15.7 Å². The lowest BCUT2D eigenvalue weighted by Gasteiger charge is -2.10. The second kappa shape index (κ2) is 6.13. The van der Waals surface area contributed by atoms with Crippen molar-refractivity contribution in [1.29, 1.82) is 0 Å². The SMILES string of the molecule is CCSc1nc(-c2ccc(Br)cc2)cc(C(F)(F)F)n1. The molecular weight excluding hydrogens is 353 g/mol. The van der Waals surface area contributed by atoms with Gasteiger partial charge in [-0.15, -0.1) is 0 Å². The third-order valence-corrected chi connectivity index (χ3v) is 3.67. The molecule has 0 spiro atoms. The molecule has 20 heavy (non-hydrogen) atoms. The number of aromatic nitrogens is 2. The van der Waals surface area contributed by atoms with Crippen molar-refractivity contribution in [2.45, 2.75) is 18.3 Å². The first kappa shape index (κ1) is 15.3. The van der Waals surface area contributed by atoms with Gasteiger partial charge in [0.05, 0.1) is 5.69 Å². The topological polar surface area (TPSA) is 25.8 Å². The van der Waals surface area contributed by atoms with Crippen molar-refractivity contribution in [3.8, 4) is 11.3 Å². The Bertz CT molecular complexity index is 600. The molecule has 2 nitrogen and oxygen atoms in total. The maximum atomic E-state index is 12.9. The highest BCUT2D eigenvalue weighted by molar-refractivity contribution is 9.10. The van der Waals surface area contributed by atoms with Crippen molar-refractivity contribution in [3.63, 3.8) is 0 Å². The average molecular weight is 363 g/mol. The van der Waals surface area contributed by atoms with Gasteiger partial charge in [-0.25, -0.2) is 9.97 Å². The summed E-state index contributed by atoms with van der Waals surface area (Å²) >= 11 is 4.47. The number of hydrogen-bond acceptors (Lipinski definition) is 3. The van der Waals surface area contributed by atoms with Gasteiger partial charge in [0.25, 0.3) is 0 Å². The maximum Gasteiger partial charge on any atom is 0.433 e. The lowest BCUT2D eigenvalue weighted by atomic mass is 10.1. The molecule has 0 unspecified atom stereocenters. The van der Waals surface area contributed by atoms with Crippen LogP contribution in [0.2, 0.25) is 0 Å². The molecule has 0 saturated heterocycles. The zero-order valence-corrected chi connectivity index (χ0v) is 12.8. The Morgan fingerprint density at radius 2 is 1.80 bits per heavy atom. The smallest absolute Gasteiger partial charge is 0.222 e. The number of halogens is 4. The molecule has 0 saturated carbocycles. The van der Waals surface area contributed by atoms with Gasteiger partial charge in [-0.2, -0.15) is 13.2 Å². The van der Waals surface area contributed by atoms with Crippen LogP contribution in [0.3, 0.4) is 0 Å². The molecule has 2 rings (SSSR count). The molecule has 0 aliphatic carbocycles. The van der Waals surface area contributed by atoms with Gasteiger partial charge in [-0.05, 0) is 24.0 Å².